The highest BCUT2D eigenvalue weighted by Crippen LogP contribution is 2.32. The Morgan fingerprint density at radius 2 is 1.88 bits per heavy atom. The summed E-state index contributed by atoms with van der Waals surface area (Å²) in [5, 5.41) is 0. The minimum Gasteiger partial charge on any atom is -0.207 e. The molecule has 6 heteroatoms. The highest BCUT2D eigenvalue weighted by atomic mass is 79.9. The van der Waals surface area contributed by atoms with Crippen molar-refractivity contribution in [2.24, 2.45) is 0 Å². The smallest absolute Gasteiger partial charge is 0.207 e. The van der Waals surface area contributed by atoms with Crippen molar-refractivity contribution in [2.45, 2.75) is 23.8 Å². The Morgan fingerprint density at radius 1 is 1.29 bits per heavy atom. The number of halogens is 2. The lowest BCUT2D eigenvalue weighted by Gasteiger charge is -2.20. The zero-order chi connectivity index (χ0) is 12.5. The summed E-state index contributed by atoms with van der Waals surface area (Å²) in [5.41, 5.74) is 0. The molecule has 0 N–H and O–H groups in total. The number of rotatable bonds is 5. The Balaban J connectivity index is 2.30. The Labute approximate surface area is 115 Å². The lowest BCUT2D eigenvalue weighted by Crippen LogP contribution is -2.34. The van der Waals surface area contributed by atoms with E-state index in [2.05, 4.69) is 15.9 Å². The van der Waals surface area contributed by atoms with Crippen molar-refractivity contribution in [1.82, 2.24) is 4.31 Å². The quantitative estimate of drug-likeness (QED) is 0.774. The van der Waals surface area contributed by atoms with Crippen LogP contribution in [0.4, 0.5) is 0 Å². The van der Waals surface area contributed by atoms with Crippen LogP contribution in [-0.2, 0) is 10.0 Å². The second-order valence-electron chi connectivity index (χ2n) is 3.99. The van der Waals surface area contributed by atoms with Crippen molar-refractivity contribution in [3.05, 3.63) is 28.7 Å². The molecule has 1 aromatic rings. The Bertz CT molecular complexity index is 485. The fraction of sp³-hybridized carbons (Fsp3) is 0.455. The Kier molecular flexibility index (Phi) is 4.13. The van der Waals surface area contributed by atoms with E-state index in [0.29, 0.717) is 17.3 Å². The van der Waals surface area contributed by atoms with E-state index in [-0.39, 0.29) is 6.04 Å². The maximum absolute atomic E-state index is 12.4. The van der Waals surface area contributed by atoms with E-state index in [4.69, 9.17) is 11.6 Å². The second kappa shape index (κ2) is 5.26. The predicted molar refractivity (Wildman–Crippen MR) is 71.8 cm³/mol. The van der Waals surface area contributed by atoms with Crippen molar-refractivity contribution in [1.29, 1.82) is 0 Å². The van der Waals surface area contributed by atoms with E-state index >= 15 is 0 Å². The summed E-state index contributed by atoms with van der Waals surface area (Å²) in [6.45, 7) is 0.380. The van der Waals surface area contributed by atoms with E-state index < -0.39 is 10.0 Å². The van der Waals surface area contributed by atoms with Gasteiger partial charge in [0, 0.05) is 22.9 Å². The molecule has 1 aromatic carbocycles. The van der Waals surface area contributed by atoms with Crippen LogP contribution in [0.1, 0.15) is 12.8 Å². The second-order valence-corrected chi connectivity index (χ2v) is 7.17. The molecule has 1 saturated carbocycles. The van der Waals surface area contributed by atoms with Gasteiger partial charge in [-0.15, -0.1) is 11.6 Å². The fourth-order valence-corrected chi connectivity index (χ4v) is 3.92. The number of nitrogens with zero attached hydrogens (tertiary/aromatic N) is 1. The number of benzene rings is 1. The molecule has 1 aliphatic rings. The minimum atomic E-state index is -3.39. The molecular weight excluding hydrogens is 326 g/mol. The van der Waals surface area contributed by atoms with Crippen LogP contribution in [-0.4, -0.2) is 31.2 Å². The molecule has 94 valence electrons. The standard InChI is InChI=1S/C11H13BrClNO2S/c12-9-1-5-11(6-2-9)17(15,16)14(8-7-13)10-3-4-10/h1-2,5-6,10H,3-4,7-8H2. The molecule has 3 nitrogen and oxygen atoms in total. The number of alkyl halides is 1. The van der Waals surface area contributed by atoms with E-state index in [1.807, 2.05) is 0 Å². The van der Waals surface area contributed by atoms with Gasteiger partial charge in [-0.3, -0.25) is 0 Å². The van der Waals surface area contributed by atoms with Gasteiger partial charge in [0.2, 0.25) is 10.0 Å². The summed E-state index contributed by atoms with van der Waals surface area (Å²) in [6, 6.07) is 6.84. The molecule has 0 unspecified atom stereocenters. The summed E-state index contributed by atoms with van der Waals surface area (Å²) < 4.78 is 27.1. The molecule has 0 heterocycles. The van der Waals surface area contributed by atoms with Crippen molar-refractivity contribution < 1.29 is 8.42 Å². The van der Waals surface area contributed by atoms with Gasteiger partial charge in [-0.2, -0.15) is 4.31 Å². The van der Waals surface area contributed by atoms with Gasteiger partial charge in [0.25, 0.3) is 0 Å². The monoisotopic (exact) mass is 337 g/mol. The first-order valence-corrected chi connectivity index (χ1v) is 8.16. The average molecular weight is 339 g/mol. The highest BCUT2D eigenvalue weighted by Gasteiger charge is 2.37. The molecule has 0 aromatic heterocycles. The lowest BCUT2D eigenvalue weighted by atomic mass is 10.4. The third kappa shape index (κ3) is 3.02. The Hall–Kier alpha value is -0.100. The van der Waals surface area contributed by atoms with Crippen LogP contribution in [0.5, 0.6) is 0 Å². The maximum atomic E-state index is 12.4. The van der Waals surface area contributed by atoms with Crippen molar-refractivity contribution >= 4 is 37.6 Å². The molecule has 0 bridgehead atoms. The first-order valence-electron chi connectivity index (χ1n) is 5.39. The van der Waals surface area contributed by atoms with Crippen LogP contribution in [0.25, 0.3) is 0 Å². The Morgan fingerprint density at radius 3 is 2.35 bits per heavy atom. The maximum Gasteiger partial charge on any atom is 0.243 e. The van der Waals surface area contributed by atoms with Gasteiger partial charge >= 0.3 is 0 Å². The molecule has 0 atom stereocenters. The summed E-state index contributed by atoms with van der Waals surface area (Å²) >= 11 is 8.96. The SMILES string of the molecule is O=S(=O)(c1ccc(Br)cc1)N(CCCl)C1CC1. The minimum absolute atomic E-state index is 0.141. The van der Waals surface area contributed by atoms with Gasteiger partial charge in [-0.25, -0.2) is 8.42 Å². The molecule has 0 saturated heterocycles. The van der Waals surface area contributed by atoms with Gasteiger partial charge < -0.3 is 0 Å². The van der Waals surface area contributed by atoms with Crippen LogP contribution >= 0.6 is 27.5 Å². The van der Waals surface area contributed by atoms with Crippen LogP contribution < -0.4 is 0 Å². The average Bonchev–Trinajstić information content (AvgIpc) is 3.10. The number of sulfonamides is 1. The van der Waals surface area contributed by atoms with E-state index in [1.165, 1.54) is 4.31 Å². The van der Waals surface area contributed by atoms with Crippen molar-refractivity contribution in [3.63, 3.8) is 0 Å². The van der Waals surface area contributed by atoms with Crippen LogP contribution in [0.15, 0.2) is 33.6 Å². The molecule has 17 heavy (non-hydrogen) atoms. The summed E-state index contributed by atoms with van der Waals surface area (Å²) in [7, 11) is -3.39. The van der Waals surface area contributed by atoms with Gasteiger partial charge in [-0.05, 0) is 37.1 Å². The zero-order valence-electron chi connectivity index (χ0n) is 9.14. The van der Waals surface area contributed by atoms with Crippen LogP contribution in [0.3, 0.4) is 0 Å². The molecule has 0 amide bonds. The highest BCUT2D eigenvalue weighted by molar-refractivity contribution is 9.10. The summed E-state index contributed by atoms with van der Waals surface area (Å²) in [6.07, 6.45) is 1.87. The van der Waals surface area contributed by atoms with E-state index in [1.54, 1.807) is 24.3 Å². The number of hydrogen-bond donors (Lipinski definition) is 0. The third-order valence-electron chi connectivity index (χ3n) is 2.68. The molecule has 0 aliphatic heterocycles. The molecule has 2 rings (SSSR count). The van der Waals surface area contributed by atoms with E-state index in [9.17, 15) is 8.42 Å². The summed E-state index contributed by atoms with van der Waals surface area (Å²) in [5.74, 6) is 0.326. The van der Waals surface area contributed by atoms with Gasteiger partial charge in [0.1, 0.15) is 0 Å². The normalized spacial score (nSPS) is 16.4. The van der Waals surface area contributed by atoms with Crippen molar-refractivity contribution in [3.8, 4) is 0 Å². The molecule has 1 aliphatic carbocycles. The van der Waals surface area contributed by atoms with Gasteiger partial charge in [0.05, 0.1) is 4.90 Å². The molecular formula is C11H13BrClNO2S. The van der Waals surface area contributed by atoms with Crippen LogP contribution in [0, 0.1) is 0 Å². The molecule has 0 spiro atoms. The largest absolute Gasteiger partial charge is 0.243 e. The van der Waals surface area contributed by atoms with Crippen molar-refractivity contribution in [2.75, 3.05) is 12.4 Å². The molecule has 1 fully saturated rings. The van der Waals surface area contributed by atoms with E-state index in [0.717, 1.165) is 17.3 Å². The fourth-order valence-electron chi connectivity index (χ4n) is 1.69. The molecule has 0 radical (unpaired) electrons. The predicted octanol–water partition coefficient (Wildman–Crippen LogP) is 2.84. The van der Waals surface area contributed by atoms with Crippen LogP contribution in [0.2, 0.25) is 0 Å². The topological polar surface area (TPSA) is 37.4 Å². The lowest BCUT2D eigenvalue weighted by molar-refractivity contribution is 0.422. The third-order valence-corrected chi connectivity index (χ3v) is 5.34. The number of hydrogen-bond acceptors (Lipinski definition) is 2. The first-order chi connectivity index (χ1) is 8.05. The zero-order valence-corrected chi connectivity index (χ0v) is 12.3. The van der Waals surface area contributed by atoms with Gasteiger partial charge in [-0.1, -0.05) is 15.9 Å². The first kappa shape index (κ1) is 13.3. The summed E-state index contributed by atoms with van der Waals surface area (Å²) in [4.78, 5) is 0.331. The van der Waals surface area contributed by atoms with Gasteiger partial charge in [0.15, 0.2) is 0 Å².